The molecule has 32 heavy (non-hydrogen) atoms. The molecule has 2 fully saturated rings. The average molecular weight is 458 g/mol. The van der Waals surface area contributed by atoms with Crippen molar-refractivity contribution in [1.29, 1.82) is 0 Å². The zero-order valence-corrected chi connectivity index (χ0v) is 20.3. The Balaban J connectivity index is 1.53. The first-order chi connectivity index (χ1) is 15.2. The molecule has 4 atom stereocenters. The first-order valence-corrected chi connectivity index (χ1v) is 12.8. The SMILES string of the molecule is CC[C@@H](C)[C@H](NC(=O)[C@H]1N2C(=O)c3ccccc3[C@H]2SC1(C)C)C(=O)NC1CCCCC1. The molecule has 0 unspecified atom stereocenters. The monoisotopic (exact) mass is 457 g/mol. The Hall–Kier alpha value is -2.02. The molecule has 6 nitrogen and oxygen atoms in total. The van der Waals surface area contributed by atoms with Crippen molar-refractivity contribution < 1.29 is 14.4 Å². The lowest BCUT2D eigenvalue weighted by Gasteiger charge is -2.33. The van der Waals surface area contributed by atoms with Gasteiger partial charge < -0.3 is 15.5 Å². The van der Waals surface area contributed by atoms with Gasteiger partial charge in [0.15, 0.2) is 0 Å². The molecule has 1 saturated carbocycles. The first kappa shape index (κ1) is 23.1. The molecular formula is C25H35N3O3S. The molecule has 1 aliphatic carbocycles. The summed E-state index contributed by atoms with van der Waals surface area (Å²) in [7, 11) is 0. The Kier molecular flexibility index (Phi) is 6.57. The van der Waals surface area contributed by atoms with E-state index in [1.807, 2.05) is 52.0 Å². The number of nitrogens with one attached hydrogen (secondary N) is 2. The van der Waals surface area contributed by atoms with Gasteiger partial charge in [-0.15, -0.1) is 11.8 Å². The van der Waals surface area contributed by atoms with Crippen molar-refractivity contribution in [2.75, 3.05) is 0 Å². The van der Waals surface area contributed by atoms with Crippen molar-refractivity contribution in [2.45, 2.75) is 94.5 Å². The third kappa shape index (κ3) is 4.16. The van der Waals surface area contributed by atoms with Gasteiger partial charge >= 0.3 is 0 Å². The summed E-state index contributed by atoms with van der Waals surface area (Å²) in [6, 6.07) is 6.56. The summed E-state index contributed by atoms with van der Waals surface area (Å²) < 4.78 is -0.461. The highest BCUT2D eigenvalue weighted by molar-refractivity contribution is 8.01. The normalized spacial score (nSPS) is 26.2. The van der Waals surface area contributed by atoms with Crippen LogP contribution >= 0.6 is 11.8 Å². The summed E-state index contributed by atoms with van der Waals surface area (Å²) in [5.74, 6) is -0.441. The van der Waals surface area contributed by atoms with Crippen LogP contribution in [0.2, 0.25) is 0 Å². The number of benzene rings is 1. The molecular weight excluding hydrogens is 422 g/mol. The quantitative estimate of drug-likeness (QED) is 0.676. The molecule has 0 radical (unpaired) electrons. The van der Waals surface area contributed by atoms with E-state index in [2.05, 4.69) is 10.6 Å². The van der Waals surface area contributed by atoms with Crippen molar-refractivity contribution >= 4 is 29.5 Å². The summed E-state index contributed by atoms with van der Waals surface area (Å²) in [6.45, 7) is 8.05. The lowest BCUT2D eigenvalue weighted by molar-refractivity contribution is -0.133. The summed E-state index contributed by atoms with van der Waals surface area (Å²) in [5.41, 5.74) is 1.64. The number of carbonyl (C=O) groups excluding carboxylic acids is 3. The summed E-state index contributed by atoms with van der Waals surface area (Å²) in [6.07, 6.45) is 6.28. The Morgan fingerprint density at radius 2 is 1.88 bits per heavy atom. The van der Waals surface area contributed by atoms with Crippen LogP contribution in [0.15, 0.2) is 24.3 Å². The number of hydrogen-bond acceptors (Lipinski definition) is 4. The molecule has 2 heterocycles. The molecule has 4 rings (SSSR count). The number of thioether (sulfide) groups is 1. The van der Waals surface area contributed by atoms with Crippen LogP contribution in [0.1, 0.15) is 87.5 Å². The van der Waals surface area contributed by atoms with Gasteiger partial charge in [0.2, 0.25) is 11.8 Å². The van der Waals surface area contributed by atoms with E-state index < -0.39 is 16.8 Å². The second-order valence-electron chi connectivity index (χ2n) is 9.99. The van der Waals surface area contributed by atoms with Crippen LogP contribution in [0.4, 0.5) is 0 Å². The third-order valence-electron chi connectivity index (χ3n) is 7.29. The average Bonchev–Trinajstić information content (AvgIpc) is 3.21. The third-order valence-corrected chi connectivity index (χ3v) is 8.82. The van der Waals surface area contributed by atoms with Crippen molar-refractivity contribution in [2.24, 2.45) is 5.92 Å². The Morgan fingerprint density at radius 1 is 1.19 bits per heavy atom. The summed E-state index contributed by atoms with van der Waals surface area (Å²) in [5, 5.41) is 6.07. The number of fused-ring (bicyclic) bond motifs is 3. The maximum Gasteiger partial charge on any atom is 0.256 e. The van der Waals surface area contributed by atoms with Crippen LogP contribution in [-0.4, -0.2) is 45.5 Å². The van der Waals surface area contributed by atoms with Gasteiger partial charge in [-0.3, -0.25) is 14.4 Å². The van der Waals surface area contributed by atoms with Crippen LogP contribution in [0.3, 0.4) is 0 Å². The minimum absolute atomic E-state index is 0.00184. The molecule has 1 aromatic carbocycles. The highest BCUT2D eigenvalue weighted by atomic mass is 32.2. The standard InChI is InChI=1S/C25H35N3O3S/c1-5-15(2)19(21(29)26-16-11-7-6-8-12-16)27-22(30)20-25(3,4)32-24-18-14-10-9-13-17(18)23(31)28(20)24/h9-10,13-16,19-20,24H,5-8,11-12H2,1-4H3,(H,26,29)(H,27,30)/t15-,19+,20-,24-/m1/s1. The second-order valence-corrected chi connectivity index (χ2v) is 11.7. The highest BCUT2D eigenvalue weighted by Gasteiger charge is 2.57. The minimum Gasteiger partial charge on any atom is -0.352 e. The molecule has 1 saturated heterocycles. The van der Waals surface area contributed by atoms with Gasteiger partial charge in [-0.05, 0) is 44.2 Å². The summed E-state index contributed by atoms with van der Waals surface area (Å²) >= 11 is 1.64. The molecule has 0 spiro atoms. The number of carbonyl (C=O) groups is 3. The zero-order valence-electron chi connectivity index (χ0n) is 19.5. The molecule has 7 heteroatoms. The smallest absolute Gasteiger partial charge is 0.256 e. The number of amides is 3. The molecule has 174 valence electrons. The van der Waals surface area contributed by atoms with Gasteiger partial charge in [0.05, 0.1) is 0 Å². The van der Waals surface area contributed by atoms with E-state index in [-0.39, 0.29) is 35.1 Å². The van der Waals surface area contributed by atoms with Gasteiger partial charge in [-0.25, -0.2) is 0 Å². The fraction of sp³-hybridized carbons (Fsp3) is 0.640. The topological polar surface area (TPSA) is 78.5 Å². The van der Waals surface area contributed by atoms with Crippen LogP contribution in [0, 0.1) is 5.92 Å². The zero-order chi connectivity index (χ0) is 23.0. The number of hydrogen-bond donors (Lipinski definition) is 2. The molecule has 3 amide bonds. The lowest BCUT2D eigenvalue weighted by atomic mass is 9.93. The van der Waals surface area contributed by atoms with Crippen LogP contribution in [0.25, 0.3) is 0 Å². The summed E-state index contributed by atoms with van der Waals surface area (Å²) in [4.78, 5) is 41.7. The van der Waals surface area contributed by atoms with E-state index in [4.69, 9.17) is 0 Å². The van der Waals surface area contributed by atoms with E-state index >= 15 is 0 Å². The largest absolute Gasteiger partial charge is 0.352 e. The van der Waals surface area contributed by atoms with Crippen molar-refractivity contribution in [1.82, 2.24) is 15.5 Å². The molecule has 1 aromatic rings. The first-order valence-electron chi connectivity index (χ1n) is 11.9. The molecule has 3 aliphatic rings. The fourth-order valence-electron chi connectivity index (χ4n) is 5.28. The Morgan fingerprint density at radius 3 is 2.56 bits per heavy atom. The minimum atomic E-state index is -0.633. The second kappa shape index (κ2) is 9.08. The molecule has 2 aliphatic heterocycles. The van der Waals surface area contributed by atoms with E-state index in [1.165, 1.54) is 6.42 Å². The van der Waals surface area contributed by atoms with Gasteiger partial charge in [0.25, 0.3) is 5.91 Å². The van der Waals surface area contributed by atoms with E-state index in [9.17, 15) is 14.4 Å². The highest BCUT2D eigenvalue weighted by Crippen LogP contribution is 2.56. The van der Waals surface area contributed by atoms with Gasteiger partial charge in [-0.1, -0.05) is 57.7 Å². The van der Waals surface area contributed by atoms with E-state index in [1.54, 1.807) is 16.7 Å². The van der Waals surface area contributed by atoms with Gasteiger partial charge in [0, 0.05) is 16.4 Å². The van der Waals surface area contributed by atoms with Crippen molar-refractivity contribution in [3.63, 3.8) is 0 Å². The predicted octanol–water partition coefficient (Wildman–Crippen LogP) is 4.01. The maximum absolute atomic E-state index is 13.6. The van der Waals surface area contributed by atoms with Crippen molar-refractivity contribution in [3.05, 3.63) is 35.4 Å². The van der Waals surface area contributed by atoms with Crippen molar-refractivity contribution in [3.8, 4) is 0 Å². The molecule has 0 aromatic heterocycles. The van der Waals surface area contributed by atoms with E-state index in [0.29, 0.717) is 5.56 Å². The number of nitrogens with zero attached hydrogens (tertiary/aromatic N) is 1. The van der Waals surface area contributed by atoms with Crippen LogP contribution in [-0.2, 0) is 9.59 Å². The van der Waals surface area contributed by atoms with Crippen LogP contribution in [0.5, 0.6) is 0 Å². The van der Waals surface area contributed by atoms with Gasteiger partial charge in [0.1, 0.15) is 17.5 Å². The van der Waals surface area contributed by atoms with Crippen LogP contribution < -0.4 is 10.6 Å². The molecule has 2 N–H and O–H groups in total. The molecule has 0 bridgehead atoms. The maximum atomic E-state index is 13.6. The Bertz CT molecular complexity index is 896. The Labute approximate surface area is 195 Å². The lowest BCUT2D eigenvalue weighted by Crippen LogP contribution is -2.59. The number of rotatable bonds is 6. The predicted molar refractivity (Wildman–Crippen MR) is 127 cm³/mol. The fourth-order valence-corrected chi connectivity index (χ4v) is 6.87. The van der Waals surface area contributed by atoms with Gasteiger partial charge in [-0.2, -0.15) is 0 Å². The van der Waals surface area contributed by atoms with E-state index in [0.717, 1.165) is 37.7 Å².